The lowest BCUT2D eigenvalue weighted by Gasteiger charge is -2.32. The Balaban J connectivity index is 1.96. The highest BCUT2D eigenvalue weighted by Gasteiger charge is 2.21. The van der Waals surface area contributed by atoms with Crippen LogP contribution in [0.1, 0.15) is 30.0 Å². The molecule has 4 nitrogen and oxygen atoms in total. The molecular weight excluding hydrogens is 264 g/mol. The maximum Gasteiger partial charge on any atom is 0.0713 e. The predicted octanol–water partition coefficient (Wildman–Crippen LogP) is 2.19. The van der Waals surface area contributed by atoms with Gasteiger partial charge in [0.25, 0.3) is 0 Å². The summed E-state index contributed by atoms with van der Waals surface area (Å²) in [7, 11) is 3.90. The first-order chi connectivity index (χ1) is 10.2. The zero-order valence-corrected chi connectivity index (χ0v) is 13.3. The third kappa shape index (κ3) is 4.78. The van der Waals surface area contributed by atoms with Gasteiger partial charge < -0.3 is 15.2 Å². The number of methoxy groups -OCH3 is 1. The van der Waals surface area contributed by atoms with Gasteiger partial charge in [0.15, 0.2) is 0 Å². The van der Waals surface area contributed by atoms with Crippen LogP contribution in [0.5, 0.6) is 0 Å². The minimum atomic E-state index is 0.282. The lowest BCUT2D eigenvalue weighted by atomic mass is 9.97. The van der Waals surface area contributed by atoms with Crippen molar-refractivity contribution in [1.29, 1.82) is 0 Å². The van der Waals surface area contributed by atoms with Crippen LogP contribution in [0.15, 0.2) is 24.3 Å². The Bertz CT molecular complexity index is 402. The zero-order chi connectivity index (χ0) is 15.1. The van der Waals surface area contributed by atoms with Gasteiger partial charge in [0.05, 0.1) is 6.61 Å². The molecular formula is C17H28N2O2. The quantitative estimate of drug-likeness (QED) is 0.837. The van der Waals surface area contributed by atoms with Crippen LogP contribution in [0.25, 0.3) is 0 Å². The van der Waals surface area contributed by atoms with Gasteiger partial charge in [0, 0.05) is 39.5 Å². The van der Waals surface area contributed by atoms with Gasteiger partial charge in [-0.05, 0) is 36.9 Å². The van der Waals surface area contributed by atoms with E-state index in [1.165, 1.54) is 11.1 Å². The number of hydrogen-bond acceptors (Lipinski definition) is 4. The summed E-state index contributed by atoms with van der Waals surface area (Å²) in [5.41, 5.74) is 8.50. The van der Waals surface area contributed by atoms with E-state index in [-0.39, 0.29) is 6.04 Å². The summed E-state index contributed by atoms with van der Waals surface area (Å²) < 4.78 is 10.6. The molecule has 1 unspecified atom stereocenters. The largest absolute Gasteiger partial charge is 0.381 e. The molecule has 0 aliphatic carbocycles. The van der Waals surface area contributed by atoms with Crippen LogP contribution in [0.3, 0.4) is 0 Å². The molecule has 1 atom stereocenters. The number of nitrogens with two attached hydrogens (primary N) is 1. The van der Waals surface area contributed by atoms with Crippen molar-refractivity contribution in [1.82, 2.24) is 4.90 Å². The summed E-state index contributed by atoms with van der Waals surface area (Å²) in [4.78, 5) is 2.39. The van der Waals surface area contributed by atoms with Crippen molar-refractivity contribution in [2.45, 2.75) is 25.5 Å². The normalized spacial score (nSPS) is 18.1. The molecule has 0 bridgehead atoms. The number of nitrogens with zero attached hydrogens (tertiary/aromatic N) is 1. The molecule has 0 saturated carbocycles. The maximum atomic E-state index is 6.02. The summed E-state index contributed by atoms with van der Waals surface area (Å²) in [6.07, 6.45) is 2.32. The van der Waals surface area contributed by atoms with Crippen molar-refractivity contribution < 1.29 is 9.47 Å². The topological polar surface area (TPSA) is 47.7 Å². The highest BCUT2D eigenvalue weighted by atomic mass is 16.5. The summed E-state index contributed by atoms with van der Waals surface area (Å²) in [5, 5.41) is 0. The second kappa shape index (κ2) is 8.49. The summed E-state index contributed by atoms with van der Waals surface area (Å²) in [6, 6.07) is 8.89. The van der Waals surface area contributed by atoms with Crippen LogP contribution in [-0.2, 0) is 16.1 Å². The Kier molecular flexibility index (Phi) is 6.64. The molecule has 2 N–H and O–H groups in total. The number of benzene rings is 1. The highest BCUT2D eigenvalue weighted by Crippen LogP contribution is 2.23. The van der Waals surface area contributed by atoms with Crippen molar-refractivity contribution in [3.63, 3.8) is 0 Å². The fourth-order valence-corrected chi connectivity index (χ4v) is 3.04. The summed E-state index contributed by atoms with van der Waals surface area (Å²) in [5.74, 6) is 0.727. The Morgan fingerprint density at radius 2 is 1.95 bits per heavy atom. The molecule has 4 heteroatoms. The fraction of sp³-hybridized carbons (Fsp3) is 0.647. The molecule has 1 aromatic carbocycles. The molecule has 1 aromatic rings. The van der Waals surface area contributed by atoms with Crippen molar-refractivity contribution in [2.75, 3.05) is 40.5 Å². The van der Waals surface area contributed by atoms with E-state index in [9.17, 15) is 0 Å². The maximum absolute atomic E-state index is 6.02. The molecule has 2 rings (SSSR count). The SMILES string of the molecule is COCc1ccc(C(CN)N(C)CC2CCOCC2)cc1. The van der Waals surface area contributed by atoms with E-state index in [1.54, 1.807) is 7.11 Å². The molecule has 1 aliphatic heterocycles. The first kappa shape index (κ1) is 16.4. The van der Waals surface area contributed by atoms with Crippen LogP contribution in [-0.4, -0.2) is 45.4 Å². The van der Waals surface area contributed by atoms with Gasteiger partial charge in [-0.3, -0.25) is 4.90 Å². The predicted molar refractivity (Wildman–Crippen MR) is 85.1 cm³/mol. The van der Waals surface area contributed by atoms with Gasteiger partial charge in [-0.15, -0.1) is 0 Å². The Morgan fingerprint density at radius 1 is 1.29 bits per heavy atom. The van der Waals surface area contributed by atoms with Gasteiger partial charge in [-0.2, -0.15) is 0 Å². The Hall–Kier alpha value is -0.940. The van der Waals surface area contributed by atoms with Crippen LogP contribution in [0.4, 0.5) is 0 Å². The van der Waals surface area contributed by atoms with Gasteiger partial charge >= 0.3 is 0 Å². The van der Waals surface area contributed by atoms with Gasteiger partial charge in [0.2, 0.25) is 0 Å². The number of rotatable bonds is 7. The molecule has 1 fully saturated rings. The smallest absolute Gasteiger partial charge is 0.0713 e. The van der Waals surface area contributed by atoms with E-state index in [2.05, 4.69) is 36.2 Å². The van der Waals surface area contributed by atoms with Crippen LogP contribution in [0, 0.1) is 5.92 Å². The molecule has 0 spiro atoms. The summed E-state index contributed by atoms with van der Waals surface area (Å²) in [6.45, 7) is 4.19. The number of ether oxygens (including phenoxy) is 2. The number of hydrogen-bond donors (Lipinski definition) is 1. The monoisotopic (exact) mass is 292 g/mol. The van der Waals surface area contributed by atoms with Gasteiger partial charge in [-0.25, -0.2) is 0 Å². The van der Waals surface area contributed by atoms with Crippen molar-refractivity contribution in [3.8, 4) is 0 Å². The fourth-order valence-electron chi connectivity index (χ4n) is 3.04. The Morgan fingerprint density at radius 3 is 2.52 bits per heavy atom. The molecule has 1 heterocycles. The van der Waals surface area contributed by atoms with E-state index >= 15 is 0 Å². The third-order valence-electron chi connectivity index (χ3n) is 4.32. The molecule has 118 valence electrons. The summed E-state index contributed by atoms with van der Waals surface area (Å²) >= 11 is 0. The van der Waals surface area contributed by atoms with Crippen molar-refractivity contribution >= 4 is 0 Å². The van der Waals surface area contributed by atoms with Crippen LogP contribution in [0.2, 0.25) is 0 Å². The molecule has 1 aliphatic rings. The third-order valence-corrected chi connectivity index (χ3v) is 4.32. The Labute approximate surface area is 128 Å². The second-order valence-corrected chi connectivity index (χ2v) is 5.92. The number of likely N-dealkylation sites (N-methyl/N-ethyl adjacent to an activating group) is 1. The molecule has 1 saturated heterocycles. The van der Waals surface area contributed by atoms with Crippen molar-refractivity contribution in [3.05, 3.63) is 35.4 Å². The van der Waals surface area contributed by atoms with E-state index in [1.807, 2.05) is 0 Å². The van der Waals surface area contributed by atoms with E-state index in [4.69, 9.17) is 15.2 Å². The molecule has 21 heavy (non-hydrogen) atoms. The minimum Gasteiger partial charge on any atom is -0.381 e. The van der Waals surface area contributed by atoms with E-state index in [0.717, 1.165) is 38.5 Å². The lowest BCUT2D eigenvalue weighted by molar-refractivity contribution is 0.0507. The molecule has 0 aromatic heterocycles. The van der Waals surface area contributed by atoms with Gasteiger partial charge in [0.1, 0.15) is 0 Å². The minimum absolute atomic E-state index is 0.282. The van der Waals surface area contributed by atoms with Crippen molar-refractivity contribution in [2.24, 2.45) is 11.7 Å². The van der Waals surface area contributed by atoms with Gasteiger partial charge in [-0.1, -0.05) is 24.3 Å². The second-order valence-electron chi connectivity index (χ2n) is 5.92. The molecule has 0 radical (unpaired) electrons. The lowest BCUT2D eigenvalue weighted by Crippen LogP contribution is -2.36. The average Bonchev–Trinajstić information content (AvgIpc) is 2.51. The van der Waals surface area contributed by atoms with Crippen LogP contribution < -0.4 is 5.73 Å². The standard InChI is InChI=1S/C17H28N2O2/c1-19(12-14-7-9-21-10-8-14)17(11-18)16-5-3-15(4-6-16)13-20-2/h3-6,14,17H,7-13,18H2,1-2H3. The average molecular weight is 292 g/mol. The van der Waals surface area contributed by atoms with E-state index < -0.39 is 0 Å². The highest BCUT2D eigenvalue weighted by molar-refractivity contribution is 5.25. The molecule has 0 amide bonds. The first-order valence-corrected chi connectivity index (χ1v) is 7.80. The first-order valence-electron chi connectivity index (χ1n) is 7.80. The van der Waals surface area contributed by atoms with Crippen LogP contribution >= 0.6 is 0 Å². The zero-order valence-electron chi connectivity index (χ0n) is 13.3. The van der Waals surface area contributed by atoms with E-state index in [0.29, 0.717) is 13.2 Å².